The van der Waals surface area contributed by atoms with Gasteiger partial charge in [-0.2, -0.15) is 0 Å². The highest BCUT2D eigenvalue weighted by molar-refractivity contribution is 4.94. The van der Waals surface area contributed by atoms with Crippen LogP contribution < -0.4 is 5.32 Å². The largest absolute Gasteiger partial charge is 0.308 e. The third kappa shape index (κ3) is 1.57. The summed E-state index contributed by atoms with van der Waals surface area (Å²) < 4.78 is 1.80. The van der Waals surface area contributed by atoms with Gasteiger partial charge in [0.15, 0.2) is 0 Å². The molecule has 0 radical (unpaired) electrons. The first-order chi connectivity index (χ1) is 5.36. The van der Waals surface area contributed by atoms with Gasteiger partial charge < -0.3 is 5.32 Å². The Bertz CT molecular complexity index is 238. The van der Waals surface area contributed by atoms with Crippen molar-refractivity contribution in [3.05, 3.63) is 11.9 Å². The zero-order chi connectivity index (χ0) is 7.68. The lowest BCUT2D eigenvalue weighted by Gasteiger charge is -2.00. The SMILES string of the molecule is Cn1nncc1CNC1CC1. The molecule has 2 rings (SSSR count). The van der Waals surface area contributed by atoms with Crippen LogP contribution in [0.15, 0.2) is 6.20 Å². The molecule has 4 nitrogen and oxygen atoms in total. The lowest BCUT2D eigenvalue weighted by Crippen LogP contribution is -2.17. The van der Waals surface area contributed by atoms with Crippen LogP contribution in [0.3, 0.4) is 0 Å². The van der Waals surface area contributed by atoms with Gasteiger partial charge in [-0.3, -0.25) is 4.68 Å². The van der Waals surface area contributed by atoms with E-state index in [4.69, 9.17) is 0 Å². The topological polar surface area (TPSA) is 42.7 Å². The van der Waals surface area contributed by atoms with Gasteiger partial charge in [0.05, 0.1) is 11.9 Å². The van der Waals surface area contributed by atoms with Crippen LogP contribution in [0.4, 0.5) is 0 Å². The summed E-state index contributed by atoms with van der Waals surface area (Å²) in [5, 5.41) is 11.0. The molecule has 0 aromatic carbocycles. The Balaban J connectivity index is 1.89. The molecular weight excluding hydrogens is 140 g/mol. The first kappa shape index (κ1) is 6.79. The Hall–Kier alpha value is -0.900. The third-order valence-corrected chi connectivity index (χ3v) is 1.96. The van der Waals surface area contributed by atoms with Crippen LogP contribution in [0, 0.1) is 0 Å². The Labute approximate surface area is 65.6 Å². The quantitative estimate of drug-likeness (QED) is 0.666. The van der Waals surface area contributed by atoms with E-state index in [1.54, 1.807) is 10.9 Å². The van der Waals surface area contributed by atoms with Crippen LogP contribution in [0.5, 0.6) is 0 Å². The maximum Gasteiger partial charge on any atom is 0.0738 e. The fraction of sp³-hybridized carbons (Fsp3) is 0.714. The molecule has 0 amide bonds. The number of nitrogens with zero attached hydrogens (tertiary/aromatic N) is 3. The van der Waals surface area contributed by atoms with E-state index in [1.165, 1.54) is 12.8 Å². The van der Waals surface area contributed by atoms with E-state index in [2.05, 4.69) is 15.6 Å². The van der Waals surface area contributed by atoms with Crippen molar-refractivity contribution in [2.75, 3.05) is 0 Å². The molecule has 1 heterocycles. The minimum absolute atomic E-state index is 0.755. The molecule has 1 aliphatic carbocycles. The van der Waals surface area contributed by atoms with Gasteiger partial charge in [0.1, 0.15) is 0 Å². The van der Waals surface area contributed by atoms with Gasteiger partial charge in [0.25, 0.3) is 0 Å². The lowest BCUT2D eigenvalue weighted by atomic mass is 10.4. The zero-order valence-corrected chi connectivity index (χ0v) is 6.62. The summed E-state index contributed by atoms with van der Waals surface area (Å²) in [6, 6.07) is 0.755. The first-order valence-electron chi connectivity index (χ1n) is 3.93. The van der Waals surface area contributed by atoms with E-state index in [-0.39, 0.29) is 0 Å². The molecule has 1 aliphatic rings. The highest BCUT2D eigenvalue weighted by atomic mass is 15.4. The molecule has 1 fully saturated rings. The lowest BCUT2D eigenvalue weighted by molar-refractivity contribution is 0.614. The average Bonchev–Trinajstić information content (AvgIpc) is 2.73. The second-order valence-electron chi connectivity index (χ2n) is 3.00. The smallest absolute Gasteiger partial charge is 0.0738 e. The molecule has 4 heteroatoms. The monoisotopic (exact) mass is 152 g/mol. The van der Waals surface area contributed by atoms with Crippen molar-refractivity contribution in [3.63, 3.8) is 0 Å². The third-order valence-electron chi connectivity index (χ3n) is 1.96. The molecule has 0 bridgehead atoms. The van der Waals surface area contributed by atoms with Crippen LogP contribution in [-0.2, 0) is 13.6 Å². The van der Waals surface area contributed by atoms with E-state index >= 15 is 0 Å². The van der Waals surface area contributed by atoms with Crippen molar-refractivity contribution in [1.29, 1.82) is 0 Å². The van der Waals surface area contributed by atoms with Crippen LogP contribution in [0.2, 0.25) is 0 Å². The Kier molecular flexibility index (Phi) is 1.62. The van der Waals surface area contributed by atoms with Crippen LogP contribution in [0.1, 0.15) is 18.5 Å². The van der Waals surface area contributed by atoms with Crippen molar-refractivity contribution in [2.24, 2.45) is 7.05 Å². The van der Waals surface area contributed by atoms with Gasteiger partial charge >= 0.3 is 0 Å². The van der Waals surface area contributed by atoms with Crippen molar-refractivity contribution in [3.8, 4) is 0 Å². The van der Waals surface area contributed by atoms with Crippen molar-refractivity contribution in [1.82, 2.24) is 20.3 Å². The average molecular weight is 152 g/mol. The maximum atomic E-state index is 3.84. The number of hydrogen-bond acceptors (Lipinski definition) is 3. The Morgan fingerprint density at radius 2 is 2.55 bits per heavy atom. The highest BCUT2D eigenvalue weighted by Crippen LogP contribution is 2.18. The van der Waals surface area contributed by atoms with E-state index < -0.39 is 0 Å². The van der Waals surface area contributed by atoms with Crippen molar-refractivity contribution in [2.45, 2.75) is 25.4 Å². The molecule has 0 atom stereocenters. The fourth-order valence-corrected chi connectivity index (χ4v) is 1.01. The predicted octanol–water partition coefficient (Wildman–Crippen LogP) is 0.0671. The van der Waals surface area contributed by atoms with Gasteiger partial charge in [0.2, 0.25) is 0 Å². The van der Waals surface area contributed by atoms with Crippen LogP contribution in [0.25, 0.3) is 0 Å². The van der Waals surface area contributed by atoms with Gasteiger partial charge in [0, 0.05) is 19.6 Å². The number of aryl methyl sites for hydroxylation is 1. The molecule has 0 aliphatic heterocycles. The number of rotatable bonds is 3. The summed E-state index contributed by atoms with van der Waals surface area (Å²) in [7, 11) is 1.91. The number of nitrogens with one attached hydrogen (secondary N) is 1. The van der Waals surface area contributed by atoms with E-state index in [1.807, 2.05) is 7.05 Å². The summed E-state index contributed by atoms with van der Waals surface area (Å²) in [6.07, 6.45) is 4.45. The Morgan fingerprint density at radius 3 is 3.09 bits per heavy atom. The summed E-state index contributed by atoms with van der Waals surface area (Å²) in [5.74, 6) is 0. The van der Waals surface area contributed by atoms with Gasteiger partial charge in [-0.25, -0.2) is 0 Å². The molecule has 0 saturated heterocycles. The van der Waals surface area contributed by atoms with Gasteiger partial charge in [-0.15, -0.1) is 5.10 Å². The molecule has 1 saturated carbocycles. The molecule has 0 spiro atoms. The number of aromatic nitrogens is 3. The molecular formula is C7H12N4. The highest BCUT2D eigenvalue weighted by Gasteiger charge is 2.20. The van der Waals surface area contributed by atoms with Crippen LogP contribution >= 0.6 is 0 Å². The van der Waals surface area contributed by atoms with E-state index in [0.29, 0.717) is 0 Å². The van der Waals surface area contributed by atoms with Crippen molar-refractivity contribution >= 4 is 0 Å². The zero-order valence-electron chi connectivity index (χ0n) is 6.62. The predicted molar refractivity (Wildman–Crippen MR) is 40.9 cm³/mol. The minimum atomic E-state index is 0.755. The van der Waals surface area contributed by atoms with Crippen molar-refractivity contribution < 1.29 is 0 Å². The summed E-state index contributed by atoms with van der Waals surface area (Å²) in [5.41, 5.74) is 1.15. The second-order valence-corrected chi connectivity index (χ2v) is 3.00. The fourth-order valence-electron chi connectivity index (χ4n) is 1.01. The second kappa shape index (κ2) is 2.62. The molecule has 1 aromatic rings. The minimum Gasteiger partial charge on any atom is -0.308 e. The normalized spacial score (nSPS) is 17.2. The van der Waals surface area contributed by atoms with Gasteiger partial charge in [-0.05, 0) is 12.8 Å². The van der Waals surface area contributed by atoms with Crippen LogP contribution in [-0.4, -0.2) is 21.0 Å². The van der Waals surface area contributed by atoms with E-state index in [0.717, 1.165) is 18.3 Å². The summed E-state index contributed by atoms with van der Waals surface area (Å²) >= 11 is 0. The molecule has 11 heavy (non-hydrogen) atoms. The molecule has 60 valence electrons. The van der Waals surface area contributed by atoms with Gasteiger partial charge in [-0.1, -0.05) is 5.21 Å². The number of hydrogen-bond donors (Lipinski definition) is 1. The Morgan fingerprint density at radius 1 is 1.73 bits per heavy atom. The van der Waals surface area contributed by atoms with E-state index in [9.17, 15) is 0 Å². The molecule has 1 N–H and O–H groups in total. The maximum absolute atomic E-state index is 3.84. The standard InChI is InChI=1S/C7H12N4/c1-11-7(5-9-10-11)4-8-6-2-3-6/h5-6,8H,2-4H2,1H3. The molecule has 1 aromatic heterocycles. The first-order valence-corrected chi connectivity index (χ1v) is 3.93. The summed E-state index contributed by atoms with van der Waals surface area (Å²) in [6.45, 7) is 0.897. The summed E-state index contributed by atoms with van der Waals surface area (Å²) in [4.78, 5) is 0. The molecule has 0 unspecified atom stereocenters.